The van der Waals surface area contributed by atoms with E-state index in [0.717, 1.165) is 25.4 Å². The number of hydrogen-bond donors (Lipinski definition) is 1. The Kier molecular flexibility index (Phi) is 5.87. The van der Waals surface area contributed by atoms with E-state index in [9.17, 15) is 0 Å². The molecule has 2 heteroatoms. The molecule has 92 valence electrons. The normalized spacial score (nSPS) is 24.3. The van der Waals surface area contributed by atoms with Crippen LogP contribution in [0, 0.1) is 18.3 Å². The van der Waals surface area contributed by atoms with Gasteiger partial charge >= 0.3 is 0 Å². The predicted molar refractivity (Wildman–Crippen MR) is 70.3 cm³/mol. The van der Waals surface area contributed by atoms with E-state index in [2.05, 4.69) is 36.9 Å². The van der Waals surface area contributed by atoms with Crippen LogP contribution >= 0.6 is 0 Å². The number of rotatable bonds is 5. The fourth-order valence-electron chi connectivity index (χ4n) is 2.58. The number of nitrogens with zero attached hydrogens (tertiary/aromatic N) is 1. The maximum absolute atomic E-state index is 5.43. The molecule has 1 rings (SSSR count). The van der Waals surface area contributed by atoms with Crippen molar-refractivity contribution in [3.05, 3.63) is 0 Å². The molecule has 1 N–H and O–H groups in total. The Hall–Kier alpha value is -0.520. The molecule has 0 radical (unpaired) electrons. The summed E-state index contributed by atoms with van der Waals surface area (Å²) in [5.74, 6) is 3.58. The second-order valence-corrected chi connectivity index (χ2v) is 5.25. The summed E-state index contributed by atoms with van der Waals surface area (Å²) in [5.41, 5.74) is 0. The smallest absolute Gasteiger partial charge is 0.0242 e. The second-order valence-electron chi connectivity index (χ2n) is 5.25. The molecule has 0 bridgehead atoms. The lowest BCUT2D eigenvalue weighted by atomic mass is 10.00. The van der Waals surface area contributed by atoms with Crippen molar-refractivity contribution in [2.45, 2.75) is 52.1 Å². The summed E-state index contributed by atoms with van der Waals surface area (Å²) < 4.78 is 0. The van der Waals surface area contributed by atoms with Crippen LogP contribution in [0.2, 0.25) is 0 Å². The summed E-state index contributed by atoms with van der Waals surface area (Å²) in [6, 6.07) is 1.24. The molecule has 0 spiro atoms. The van der Waals surface area contributed by atoms with E-state index >= 15 is 0 Å². The molecule has 0 aromatic carbocycles. The topological polar surface area (TPSA) is 15.3 Å². The highest BCUT2D eigenvalue weighted by Gasteiger charge is 2.24. The van der Waals surface area contributed by atoms with E-state index in [4.69, 9.17) is 6.42 Å². The summed E-state index contributed by atoms with van der Waals surface area (Å²) in [5, 5.41) is 3.61. The third-order valence-electron chi connectivity index (χ3n) is 3.38. The standard InChI is InChI=1S/C14H26N2/c1-5-7-14(6-2)16-9-8-15-13(11-16)10-12(3)4/h1,12-15H,6-11H2,2-4H3. The zero-order valence-electron chi connectivity index (χ0n) is 11.0. The van der Waals surface area contributed by atoms with Gasteiger partial charge in [0.25, 0.3) is 0 Å². The van der Waals surface area contributed by atoms with Crippen LogP contribution < -0.4 is 5.32 Å². The van der Waals surface area contributed by atoms with E-state index in [1.54, 1.807) is 0 Å². The van der Waals surface area contributed by atoms with E-state index in [1.807, 2.05) is 0 Å². The highest BCUT2D eigenvalue weighted by molar-refractivity contribution is 4.92. The lowest BCUT2D eigenvalue weighted by molar-refractivity contribution is 0.133. The molecule has 0 amide bonds. The summed E-state index contributed by atoms with van der Waals surface area (Å²) in [4.78, 5) is 2.57. The number of terminal acetylenes is 1. The zero-order chi connectivity index (χ0) is 12.0. The Bertz CT molecular complexity index is 229. The van der Waals surface area contributed by atoms with Gasteiger partial charge in [-0.1, -0.05) is 20.8 Å². The van der Waals surface area contributed by atoms with Crippen LogP contribution in [0.4, 0.5) is 0 Å². The molecule has 2 nitrogen and oxygen atoms in total. The minimum atomic E-state index is 0.585. The maximum Gasteiger partial charge on any atom is 0.0242 e. The number of hydrogen-bond acceptors (Lipinski definition) is 2. The van der Waals surface area contributed by atoms with Crippen molar-refractivity contribution in [1.82, 2.24) is 10.2 Å². The van der Waals surface area contributed by atoms with Gasteiger partial charge in [-0.25, -0.2) is 0 Å². The average Bonchev–Trinajstić information content (AvgIpc) is 2.25. The molecule has 1 heterocycles. The Morgan fingerprint density at radius 3 is 2.81 bits per heavy atom. The van der Waals surface area contributed by atoms with Gasteiger partial charge in [0.2, 0.25) is 0 Å². The monoisotopic (exact) mass is 222 g/mol. The molecular weight excluding hydrogens is 196 g/mol. The van der Waals surface area contributed by atoms with Crippen LogP contribution in [0.15, 0.2) is 0 Å². The molecule has 1 aliphatic rings. The Balaban J connectivity index is 2.45. The molecule has 1 saturated heterocycles. The van der Waals surface area contributed by atoms with Gasteiger partial charge in [-0.3, -0.25) is 4.90 Å². The number of nitrogens with one attached hydrogen (secondary N) is 1. The van der Waals surface area contributed by atoms with Crippen LogP contribution in [0.5, 0.6) is 0 Å². The highest BCUT2D eigenvalue weighted by atomic mass is 15.2. The second kappa shape index (κ2) is 6.93. The fourth-order valence-corrected chi connectivity index (χ4v) is 2.58. The molecule has 16 heavy (non-hydrogen) atoms. The average molecular weight is 222 g/mol. The maximum atomic E-state index is 5.43. The lowest BCUT2D eigenvalue weighted by Gasteiger charge is -2.38. The molecule has 1 aliphatic heterocycles. The van der Waals surface area contributed by atoms with Crippen molar-refractivity contribution in [2.24, 2.45) is 5.92 Å². The summed E-state index contributed by atoms with van der Waals surface area (Å²) >= 11 is 0. The van der Waals surface area contributed by atoms with Gasteiger partial charge in [-0.2, -0.15) is 0 Å². The van der Waals surface area contributed by atoms with Crippen molar-refractivity contribution < 1.29 is 0 Å². The van der Waals surface area contributed by atoms with Gasteiger partial charge in [0.05, 0.1) is 0 Å². The number of piperazine rings is 1. The Morgan fingerprint density at radius 1 is 1.50 bits per heavy atom. The van der Waals surface area contributed by atoms with Crippen molar-refractivity contribution in [3.8, 4) is 12.3 Å². The molecule has 0 aromatic heterocycles. The molecule has 2 atom stereocenters. The van der Waals surface area contributed by atoms with Crippen LogP contribution in [0.1, 0.15) is 40.0 Å². The van der Waals surface area contributed by atoms with Crippen LogP contribution in [-0.2, 0) is 0 Å². The first-order valence-corrected chi connectivity index (χ1v) is 6.58. The van der Waals surface area contributed by atoms with Crippen LogP contribution in [0.3, 0.4) is 0 Å². The van der Waals surface area contributed by atoms with Gasteiger partial charge in [0.1, 0.15) is 0 Å². The Morgan fingerprint density at radius 2 is 2.25 bits per heavy atom. The summed E-state index contributed by atoms with van der Waals surface area (Å²) in [6.07, 6.45) is 8.76. The third-order valence-corrected chi connectivity index (χ3v) is 3.38. The van der Waals surface area contributed by atoms with Crippen molar-refractivity contribution >= 4 is 0 Å². The van der Waals surface area contributed by atoms with E-state index in [1.165, 1.54) is 19.4 Å². The van der Waals surface area contributed by atoms with Gasteiger partial charge in [-0.05, 0) is 18.8 Å². The molecule has 0 aliphatic carbocycles. The van der Waals surface area contributed by atoms with Gasteiger partial charge < -0.3 is 5.32 Å². The molecule has 1 fully saturated rings. The fraction of sp³-hybridized carbons (Fsp3) is 0.857. The van der Waals surface area contributed by atoms with E-state index in [0.29, 0.717) is 12.1 Å². The van der Waals surface area contributed by atoms with Crippen molar-refractivity contribution in [1.29, 1.82) is 0 Å². The van der Waals surface area contributed by atoms with Gasteiger partial charge in [0.15, 0.2) is 0 Å². The lowest BCUT2D eigenvalue weighted by Crippen LogP contribution is -2.54. The first-order valence-electron chi connectivity index (χ1n) is 6.58. The zero-order valence-corrected chi connectivity index (χ0v) is 11.0. The van der Waals surface area contributed by atoms with E-state index in [-0.39, 0.29) is 0 Å². The van der Waals surface area contributed by atoms with Crippen molar-refractivity contribution in [2.75, 3.05) is 19.6 Å². The first-order chi connectivity index (χ1) is 7.67. The van der Waals surface area contributed by atoms with Crippen LogP contribution in [-0.4, -0.2) is 36.6 Å². The van der Waals surface area contributed by atoms with Gasteiger partial charge in [-0.15, -0.1) is 12.3 Å². The van der Waals surface area contributed by atoms with Gasteiger partial charge in [0, 0.05) is 38.1 Å². The summed E-state index contributed by atoms with van der Waals surface area (Å²) in [7, 11) is 0. The molecular formula is C14H26N2. The largest absolute Gasteiger partial charge is 0.311 e. The molecule has 2 unspecified atom stereocenters. The minimum Gasteiger partial charge on any atom is -0.311 e. The SMILES string of the molecule is C#CCC(CC)N1CCNC(CC(C)C)C1. The third kappa shape index (κ3) is 4.15. The highest BCUT2D eigenvalue weighted by Crippen LogP contribution is 2.15. The van der Waals surface area contributed by atoms with E-state index < -0.39 is 0 Å². The Labute approximate surface area is 101 Å². The van der Waals surface area contributed by atoms with Crippen LogP contribution in [0.25, 0.3) is 0 Å². The minimum absolute atomic E-state index is 0.585. The quantitative estimate of drug-likeness (QED) is 0.717. The predicted octanol–water partition coefficient (Wildman–Crippen LogP) is 2.11. The first kappa shape index (κ1) is 13.5. The summed E-state index contributed by atoms with van der Waals surface area (Å²) in [6.45, 7) is 10.2. The molecule has 0 saturated carbocycles. The van der Waals surface area contributed by atoms with Crippen molar-refractivity contribution in [3.63, 3.8) is 0 Å². The molecule has 0 aromatic rings.